The van der Waals surface area contributed by atoms with Gasteiger partial charge in [-0.05, 0) is 30.9 Å². The molecule has 100 valence electrons. The molecule has 3 rings (SSSR count). The molecule has 1 aliphatic carbocycles. The molecular formula is C15H17NO3. The normalized spacial score (nSPS) is 16.0. The van der Waals surface area contributed by atoms with Crippen molar-refractivity contribution in [1.82, 2.24) is 4.73 Å². The summed E-state index contributed by atoms with van der Waals surface area (Å²) < 4.78 is 1.30. The smallest absolute Gasteiger partial charge is 0.287 e. The lowest BCUT2D eigenvalue weighted by molar-refractivity contribution is 0.0831. The topological polar surface area (TPSA) is 51.5 Å². The van der Waals surface area contributed by atoms with Gasteiger partial charge in [0.05, 0.1) is 5.52 Å². The van der Waals surface area contributed by atoms with Crippen molar-refractivity contribution in [1.29, 1.82) is 0 Å². The summed E-state index contributed by atoms with van der Waals surface area (Å²) in [5, 5.41) is 10.4. The zero-order chi connectivity index (χ0) is 13.2. The Hall–Kier alpha value is -1.97. The summed E-state index contributed by atoms with van der Waals surface area (Å²) >= 11 is 0. The van der Waals surface area contributed by atoms with Gasteiger partial charge < -0.3 is 9.94 Å². The highest BCUT2D eigenvalue weighted by atomic mass is 16.7. The van der Waals surface area contributed by atoms with Gasteiger partial charge in [0.2, 0.25) is 0 Å². The van der Waals surface area contributed by atoms with Crippen LogP contribution in [-0.2, 0) is 0 Å². The van der Waals surface area contributed by atoms with E-state index in [1.165, 1.54) is 36.5 Å². The first-order valence-corrected chi connectivity index (χ1v) is 6.73. The molecule has 1 fully saturated rings. The molecule has 4 heteroatoms. The number of benzene rings is 1. The number of hydrogen-bond acceptors (Lipinski definition) is 3. The first-order valence-electron chi connectivity index (χ1n) is 6.73. The van der Waals surface area contributed by atoms with Crippen LogP contribution in [0.15, 0.2) is 35.1 Å². The molecule has 0 spiro atoms. The summed E-state index contributed by atoms with van der Waals surface area (Å²) in [6.07, 6.45) is 4.84. The Kier molecular flexibility index (Phi) is 3.15. The van der Waals surface area contributed by atoms with Crippen LogP contribution < -0.4 is 10.4 Å². The van der Waals surface area contributed by atoms with Crippen molar-refractivity contribution in [2.75, 3.05) is 6.61 Å². The Balaban J connectivity index is 1.95. The quantitative estimate of drug-likeness (QED) is 0.920. The van der Waals surface area contributed by atoms with Crippen molar-refractivity contribution in [2.24, 2.45) is 5.92 Å². The van der Waals surface area contributed by atoms with Gasteiger partial charge in [-0.25, -0.2) is 0 Å². The molecular weight excluding hydrogens is 242 g/mol. The van der Waals surface area contributed by atoms with Gasteiger partial charge >= 0.3 is 0 Å². The third-order valence-electron chi connectivity index (χ3n) is 3.77. The summed E-state index contributed by atoms with van der Waals surface area (Å²) in [4.78, 5) is 17.6. The second-order valence-electron chi connectivity index (χ2n) is 5.13. The number of hydrogen-bond donors (Lipinski definition) is 1. The van der Waals surface area contributed by atoms with Gasteiger partial charge in [0.1, 0.15) is 12.4 Å². The standard InChI is InChI=1S/C15H17NO3/c17-14-9-15(18)16(13-8-4-3-7-12(13)14)19-10-11-5-1-2-6-11/h3-4,7-9,11,17H,1-2,5-6,10H2. The Morgan fingerprint density at radius 2 is 2.00 bits per heavy atom. The van der Waals surface area contributed by atoms with Crippen LogP contribution in [0.1, 0.15) is 25.7 Å². The van der Waals surface area contributed by atoms with Crippen LogP contribution in [0.25, 0.3) is 10.9 Å². The maximum absolute atomic E-state index is 11.9. The second kappa shape index (κ2) is 4.96. The van der Waals surface area contributed by atoms with E-state index in [0.717, 1.165) is 0 Å². The molecule has 1 heterocycles. The number of pyridine rings is 1. The molecule has 0 amide bonds. The molecule has 0 unspecified atom stereocenters. The van der Waals surface area contributed by atoms with Crippen molar-refractivity contribution >= 4 is 10.9 Å². The van der Waals surface area contributed by atoms with Crippen molar-refractivity contribution < 1.29 is 9.94 Å². The highest BCUT2D eigenvalue weighted by Gasteiger charge is 2.17. The van der Waals surface area contributed by atoms with Crippen LogP contribution in [-0.4, -0.2) is 16.4 Å². The molecule has 0 radical (unpaired) electrons. The number of rotatable bonds is 3. The van der Waals surface area contributed by atoms with Crippen LogP contribution in [0, 0.1) is 5.92 Å². The highest BCUT2D eigenvalue weighted by Crippen LogP contribution is 2.25. The minimum Gasteiger partial charge on any atom is -0.507 e. The molecule has 0 atom stereocenters. The molecule has 1 aliphatic rings. The fraction of sp³-hybridized carbons (Fsp3) is 0.400. The molecule has 4 nitrogen and oxygen atoms in total. The zero-order valence-corrected chi connectivity index (χ0v) is 10.7. The molecule has 0 bridgehead atoms. The summed E-state index contributed by atoms with van der Waals surface area (Å²) in [5.41, 5.74) is 0.291. The molecule has 1 aromatic carbocycles. The number of para-hydroxylation sites is 1. The van der Waals surface area contributed by atoms with Crippen LogP contribution in [0.4, 0.5) is 0 Å². The number of fused-ring (bicyclic) bond motifs is 1. The van der Waals surface area contributed by atoms with Crippen molar-refractivity contribution in [3.63, 3.8) is 0 Å². The highest BCUT2D eigenvalue weighted by molar-refractivity contribution is 5.84. The molecule has 1 saturated carbocycles. The minimum absolute atomic E-state index is 0.00122. The van der Waals surface area contributed by atoms with E-state index in [4.69, 9.17) is 4.84 Å². The summed E-state index contributed by atoms with van der Waals surface area (Å²) in [7, 11) is 0. The predicted octanol–water partition coefficient (Wildman–Crippen LogP) is 2.33. The molecule has 2 aromatic rings. The van der Waals surface area contributed by atoms with E-state index in [1.54, 1.807) is 12.1 Å². The van der Waals surface area contributed by atoms with Crippen LogP contribution >= 0.6 is 0 Å². The Labute approximate surface area is 111 Å². The number of aromatic nitrogens is 1. The predicted molar refractivity (Wildman–Crippen MR) is 73.3 cm³/mol. The van der Waals surface area contributed by atoms with Crippen LogP contribution in [0.2, 0.25) is 0 Å². The summed E-state index contributed by atoms with van der Waals surface area (Å²) in [6, 6.07) is 8.42. The third kappa shape index (κ3) is 2.30. The minimum atomic E-state index is -0.325. The number of nitrogens with zero attached hydrogens (tertiary/aromatic N) is 1. The Morgan fingerprint density at radius 3 is 2.79 bits per heavy atom. The van der Waals surface area contributed by atoms with Crippen LogP contribution in [0.3, 0.4) is 0 Å². The Bertz CT molecular complexity index is 641. The van der Waals surface area contributed by atoms with Gasteiger partial charge in [0.25, 0.3) is 5.56 Å². The monoisotopic (exact) mass is 259 g/mol. The van der Waals surface area contributed by atoms with Gasteiger partial charge in [-0.1, -0.05) is 25.0 Å². The van der Waals surface area contributed by atoms with Gasteiger partial charge in [0.15, 0.2) is 0 Å². The first-order chi connectivity index (χ1) is 9.25. The van der Waals surface area contributed by atoms with E-state index in [9.17, 15) is 9.90 Å². The zero-order valence-electron chi connectivity index (χ0n) is 10.7. The SMILES string of the molecule is O=c1cc(O)c2ccccc2n1OCC1CCCC1. The molecule has 1 aromatic heterocycles. The van der Waals surface area contributed by atoms with Crippen molar-refractivity contribution in [3.8, 4) is 5.75 Å². The average Bonchev–Trinajstić information content (AvgIpc) is 2.92. The molecule has 0 aliphatic heterocycles. The maximum Gasteiger partial charge on any atom is 0.287 e. The lowest BCUT2D eigenvalue weighted by Gasteiger charge is -2.15. The maximum atomic E-state index is 11.9. The van der Waals surface area contributed by atoms with E-state index in [-0.39, 0.29) is 11.3 Å². The fourth-order valence-corrected chi connectivity index (χ4v) is 2.73. The van der Waals surface area contributed by atoms with Gasteiger partial charge in [0, 0.05) is 11.5 Å². The molecule has 0 saturated heterocycles. The lowest BCUT2D eigenvalue weighted by atomic mass is 10.1. The van der Waals surface area contributed by atoms with Crippen molar-refractivity contribution in [3.05, 3.63) is 40.7 Å². The van der Waals surface area contributed by atoms with E-state index >= 15 is 0 Å². The van der Waals surface area contributed by atoms with Gasteiger partial charge in [-0.15, -0.1) is 4.73 Å². The lowest BCUT2D eigenvalue weighted by Crippen LogP contribution is -2.29. The van der Waals surface area contributed by atoms with Crippen molar-refractivity contribution in [2.45, 2.75) is 25.7 Å². The largest absolute Gasteiger partial charge is 0.507 e. The van der Waals surface area contributed by atoms with E-state index < -0.39 is 0 Å². The summed E-state index contributed by atoms with van der Waals surface area (Å²) in [5.74, 6) is 0.542. The third-order valence-corrected chi connectivity index (χ3v) is 3.77. The Morgan fingerprint density at radius 1 is 1.26 bits per heavy atom. The van der Waals surface area contributed by atoms with E-state index in [0.29, 0.717) is 23.4 Å². The second-order valence-corrected chi connectivity index (χ2v) is 5.13. The van der Waals surface area contributed by atoms with Gasteiger partial charge in [-0.2, -0.15) is 0 Å². The van der Waals surface area contributed by atoms with E-state index in [1.807, 2.05) is 12.1 Å². The van der Waals surface area contributed by atoms with E-state index in [2.05, 4.69) is 0 Å². The first kappa shape index (κ1) is 12.1. The van der Waals surface area contributed by atoms with Gasteiger partial charge in [-0.3, -0.25) is 4.79 Å². The molecule has 19 heavy (non-hydrogen) atoms. The average molecular weight is 259 g/mol. The van der Waals surface area contributed by atoms with Crippen LogP contribution in [0.5, 0.6) is 5.75 Å². The summed E-state index contributed by atoms with van der Waals surface area (Å²) in [6.45, 7) is 0.564. The molecule has 1 N–H and O–H groups in total. The number of aromatic hydroxyl groups is 1. The fourth-order valence-electron chi connectivity index (χ4n) is 2.73.